The van der Waals surface area contributed by atoms with Crippen LogP contribution in [0.3, 0.4) is 0 Å². The van der Waals surface area contributed by atoms with Gasteiger partial charge in [-0.05, 0) is 42.2 Å². The van der Waals surface area contributed by atoms with E-state index in [4.69, 9.17) is 4.74 Å². The second-order valence-electron chi connectivity index (χ2n) is 5.08. The van der Waals surface area contributed by atoms with E-state index in [9.17, 15) is 4.79 Å². The summed E-state index contributed by atoms with van der Waals surface area (Å²) in [5.41, 5.74) is 2.07. The van der Waals surface area contributed by atoms with E-state index < -0.39 is 0 Å². The maximum Gasteiger partial charge on any atom is 0.228 e. The van der Waals surface area contributed by atoms with Crippen LogP contribution in [0.25, 0.3) is 0 Å². The minimum atomic E-state index is 0.0968. The largest absolute Gasteiger partial charge is 0.497 e. The van der Waals surface area contributed by atoms with Crippen molar-refractivity contribution in [3.63, 3.8) is 0 Å². The molecule has 20 heavy (non-hydrogen) atoms. The lowest BCUT2D eigenvalue weighted by atomic mass is 10.1. The molecule has 3 rings (SSSR count). The minimum absolute atomic E-state index is 0.0968. The normalized spacial score (nSPS) is 20.2. The molecule has 0 unspecified atom stereocenters. The van der Waals surface area contributed by atoms with Crippen LogP contribution in [0.4, 0.5) is 5.69 Å². The maximum atomic E-state index is 12.2. The number of benzene rings is 2. The van der Waals surface area contributed by atoms with Gasteiger partial charge in [0.05, 0.1) is 7.11 Å². The first-order valence-corrected chi connectivity index (χ1v) is 6.78. The van der Waals surface area contributed by atoms with Gasteiger partial charge in [-0.2, -0.15) is 0 Å². The van der Waals surface area contributed by atoms with Gasteiger partial charge in [0.15, 0.2) is 0 Å². The number of anilines is 1. The third-order valence-corrected chi connectivity index (χ3v) is 3.71. The zero-order chi connectivity index (χ0) is 13.9. The number of ether oxygens (including phenoxy) is 1. The third-order valence-electron chi connectivity index (χ3n) is 3.71. The Kier molecular flexibility index (Phi) is 3.42. The fourth-order valence-corrected chi connectivity index (χ4v) is 2.46. The molecule has 3 nitrogen and oxygen atoms in total. The molecule has 2 aromatic carbocycles. The Bertz CT molecular complexity index is 592. The van der Waals surface area contributed by atoms with E-state index >= 15 is 0 Å². The molecule has 0 radical (unpaired) electrons. The highest BCUT2D eigenvalue weighted by Gasteiger charge is 2.43. The Hall–Kier alpha value is -2.29. The minimum Gasteiger partial charge on any atom is -0.497 e. The van der Waals surface area contributed by atoms with Gasteiger partial charge >= 0.3 is 0 Å². The van der Waals surface area contributed by atoms with Crippen molar-refractivity contribution in [1.29, 1.82) is 0 Å². The summed E-state index contributed by atoms with van der Waals surface area (Å²) in [4.78, 5) is 12.2. The molecule has 0 spiro atoms. The second-order valence-corrected chi connectivity index (χ2v) is 5.08. The number of amides is 1. The summed E-state index contributed by atoms with van der Waals surface area (Å²) in [6.07, 6.45) is 0.937. The summed E-state index contributed by atoms with van der Waals surface area (Å²) in [7, 11) is 1.63. The molecule has 102 valence electrons. The molecule has 0 heterocycles. The van der Waals surface area contributed by atoms with Gasteiger partial charge in [-0.1, -0.05) is 30.3 Å². The summed E-state index contributed by atoms with van der Waals surface area (Å²) < 4.78 is 5.10. The first-order chi connectivity index (χ1) is 9.78. The van der Waals surface area contributed by atoms with Gasteiger partial charge in [-0.15, -0.1) is 0 Å². The van der Waals surface area contributed by atoms with Crippen LogP contribution in [-0.2, 0) is 4.79 Å². The third kappa shape index (κ3) is 2.67. The lowest BCUT2D eigenvalue weighted by molar-refractivity contribution is -0.117. The number of nitrogens with one attached hydrogen (secondary N) is 1. The highest BCUT2D eigenvalue weighted by Crippen LogP contribution is 2.47. The van der Waals surface area contributed by atoms with Gasteiger partial charge in [-0.25, -0.2) is 0 Å². The lowest BCUT2D eigenvalue weighted by Crippen LogP contribution is -2.14. The fourth-order valence-electron chi connectivity index (χ4n) is 2.46. The van der Waals surface area contributed by atoms with Gasteiger partial charge in [-0.3, -0.25) is 4.79 Å². The Labute approximate surface area is 118 Å². The second kappa shape index (κ2) is 5.37. The molecule has 0 bridgehead atoms. The lowest BCUT2D eigenvalue weighted by Gasteiger charge is -2.06. The summed E-state index contributed by atoms with van der Waals surface area (Å²) >= 11 is 0. The van der Waals surface area contributed by atoms with E-state index in [0.717, 1.165) is 17.9 Å². The molecule has 3 heteroatoms. The van der Waals surface area contributed by atoms with Crippen LogP contribution in [0.5, 0.6) is 5.75 Å². The van der Waals surface area contributed by atoms with Crippen molar-refractivity contribution in [3.05, 3.63) is 60.2 Å². The van der Waals surface area contributed by atoms with Crippen LogP contribution >= 0.6 is 0 Å². The smallest absolute Gasteiger partial charge is 0.228 e. The van der Waals surface area contributed by atoms with Crippen LogP contribution in [0.15, 0.2) is 54.6 Å². The average Bonchev–Trinajstić information content (AvgIpc) is 3.29. The summed E-state index contributed by atoms with van der Waals surface area (Å²) in [5.74, 6) is 1.36. The number of rotatable bonds is 4. The molecular weight excluding hydrogens is 250 g/mol. The van der Waals surface area contributed by atoms with Crippen molar-refractivity contribution in [2.24, 2.45) is 5.92 Å². The Morgan fingerprint density at radius 2 is 1.80 bits per heavy atom. The molecule has 1 amide bonds. The van der Waals surface area contributed by atoms with Gasteiger partial charge < -0.3 is 10.1 Å². The molecule has 1 fully saturated rings. The molecule has 1 aliphatic carbocycles. The van der Waals surface area contributed by atoms with Gasteiger partial charge in [0, 0.05) is 11.6 Å². The van der Waals surface area contributed by atoms with Crippen molar-refractivity contribution in [3.8, 4) is 5.75 Å². The van der Waals surface area contributed by atoms with Gasteiger partial charge in [0.25, 0.3) is 0 Å². The van der Waals surface area contributed by atoms with E-state index in [1.54, 1.807) is 7.11 Å². The quantitative estimate of drug-likeness (QED) is 0.921. The fraction of sp³-hybridized carbons (Fsp3) is 0.235. The van der Waals surface area contributed by atoms with E-state index in [-0.39, 0.29) is 11.8 Å². The highest BCUT2D eigenvalue weighted by molar-refractivity contribution is 5.95. The van der Waals surface area contributed by atoms with E-state index in [1.165, 1.54) is 5.56 Å². The molecule has 2 atom stereocenters. The number of hydrogen-bond acceptors (Lipinski definition) is 2. The van der Waals surface area contributed by atoms with Crippen molar-refractivity contribution in [2.45, 2.75) is 12.3 Å². The Morgan fingerprint density at radius 1 is 1.10 bits per heavy atom. The van der Waals surface area contributed by atoms with Crippen LogP contribution in [0, 0.1) is 5.92 Å². The van der Waals surface area contributed by atoms with Crippen LogP contribution in [-0.4, -0.2) is 13.0 Å². The first kappa shape index (κ1) is 12.7. The molecule has 1 N–H and O–H groups in total. The standard InChI is InChI=1S/C17H17NO2/c1-20-14-9-7-13(8-10-14)18-17(19)16-11-15(16)12-5-3-2-4-6-12/h2-10,15-16H,11H2,1H3,(H,18,19)/t15-,16+/m0/s1. The van der Waals surface area contributed by atoms with Gasteiger partial charge in [0.1, 0.15) is 5.75 Å². The van der Waals surface area contributed by atoms with Crippen LogP contribution in [0.2, 0.25) is 0 Å². The molecule has 1 saturated carbocycles. The van der Waals surface area contributed by atoms with Crippen molar-refractivity contribution < 1.29 is 9.53 Å². The summed E-state index contributed by atoms with van der Waals surface area (Å²) in [5, 5.41) is 2.96. The van der Waals surface area contributed by atoms with E-state index in [1.807, 2.05) is 42.5 Å². The van der Waals surface area contributed by atoms with Crippen molar-refractivity contribution >= 4 is 11.6 Å². The van der Waals surface area contributed by atoms with Crippen LogP contribution < -0.4 is 10.1 Å². The van der Waals surface area contributed by atoms with Crippen molar-refractivity contribution in [1.82, 2.24) is 0 Å². The highest BCUT2D eigenvalue weighted by atomic mass is 16.5. The molecule has 2 aromatic rings. The molecule has 1 aliphatic rings. The molecule has 0 aliphatic heterocycles. The topological polar surface area (TPSA) is 38.3 Å². The van der Waals surface area contributed by atoms with Gasteiger partial charge in [0.2, 0.25) is 5.91 Å². The average molecular weight is 267 g/mol. The number of carbonyl (C=O) groups excluding carboxylic acids is 1. The SMILES string of the molecule is COc1ccc(NC(=O)[C@@H]2C[C@H]2c2ccccc2)cc1. The first-order valence-electron chi connectivity index (χ1n) is 6.78. The predicted octanol–water partition coefficient (Wildman–Crippen LogP) is 3.44. The van der Waals surface area contributed by atoms with Crippen molar-refractivity contribution in [2.75, 3.05) is 12.4 Å². The molecule has 0 aromatic heterocycles. The number of methoxy groups -OCH3 is 1. The predicted molar refractivity (Wildman–Crippen MR) is 78.9 cm³/mol. The van der Waals surface area contributed by atoms with E-state index in [0.29, 0.717) is 5.92 Å². The number of carbonyl (C=O) groups is 1. The monoisotopic (exact) mass is 267 g/mol. The zero-order valence-electron chi connectivity index (χ0n) is 11.4. The van der Waals surface area contributed by atoms with E-state index in [2.05, 4.69) is 17.4 Å². The number of hydrogen-bond donors (Lipinski definition) is 1. The summed E-state index contributed by atoms with van der Waals surface area (Å²) in [6, 6.07) is 17.6. The Balaban J connectivity index is 1.61. The molecular formula is C17H17NO2. The maximum absolute atomic E-state index is 12.2. The summed E-state index contributed by atoms with van der Waals surface area (Å²) in [6.45, 7) is 0. The molecule has 0 saturated heterocycles. The Morgan fingerprint density at radius 3 is 2.45 bits per heavy atom. The van der Waals surface area contributed by atoms with Crippen LogP contribution in [0.1, 0.15) is 17.9 Å². The zero-order valence-corrected chi connectivity index (χ0v) is 11.4.